The Bertz CT molecular complexity index is 862. The van der Waals surface area contributed by atoms with Crippen LogP contribution in [0.4, 0.5) is 0 Å². The number of amides is 2. The summed E-state index contributed by atoms with van der Waals surface area (Å²) in [5.41, 5.74) is 1.31. The molecule has 0 atom stereocenters. The molecular formula is C20H26ClN5O3. The Hall–Kier alpha value is -2.58. The van der Waals surface area contributed by atoms with Gasteiger partial charge in [-0.15, -0.1) is 5.10 Å². The Balaban J connectivity index is 1.40. The average Bonchev–Trinajstić information content (AvgIpc) is 3.10. The lowest BCUT2D eigenvalue weighted by molar-refractivity contribution is -0.120. The summed E-state index contributed by atoms with van der Waals surface area (Å²) in [6, 6.07) is 7.36. The van der Waals surface area contributed by atoms with E-state index in [1.807, 2.05) is 23.1 Å². The molecule has 1 N–H and O–H groups in total. The SMILES string of the molecule is COc1nn(C)cc1C(=O)N1CCN(CCNC(=O)Cc2ccccc2Cl)CC1. The molecular weight excluding hydrogens is 394 g/mol. The molecule has 2 amide bonds. The number of methoxy groups -OCH3 is 1. The second-order valence-electron chi connectivity index (χ2n) is 6.98. The molecule has 2 heterocycles. The van der Waals surface area contributed by atoms with Crippen molar-refractivity contribution in [3.63, 3.8) is 0 Å². The molecule has 3 rings (SSSR count). The fourth-order valence-electron chi connectivity index (χ4n) is 3.34. The molecule has 1 aliphatic rings. The van der Waals surface area contributed by atoms with Crippen LogP contribution in [-0.4, -0.2) is 77.8 Å². The second-order valence-corrected chi connectivity index (χ2v) is 7.38. The van der Waals surface area contributed by atoms with Crippen LogP contribution in [0.2, 0.25) is 5.02 Å². The number of aromatic nitrogens is 2. The van der Waals surface area contributed by atoms with E-state index in [1.165, 1.54) is 7.11 Å². The summed E-state index contributed by atoms with van der Waals surface area (Å²) >= 11 is 6.09. The number of piperazine rings is 1. The van der Waals surface area contributed by atoms with E-state index >= 15 is 0 Å². The number of benzene rings is 1. The van der Waals surface area contributed by atoms with Crippen molar-refractivity contribution in [1.82, 2.24) is 24.9 Å². The highest BCUT2D eigenvalue weighted by molar-refractivity contribution is 6.31. The van der Waals surface area contributed by atoms with Gasteiger partial charge in [0.15, 0.2) is 0 Å². The van der Waals surface area contributed by atoms with E-state index < -0.39 is 0 Å². The van der Waals surface area contributed by atoms with Crippen LogP contribution in [0.15, 0.2) is 30.5 Å². The van der Waals surface area contributed by atoms with Crippen molar-refractivity contribution >= 4 is 23.4 Å². The first-order valence-electron chi connectivity index (χ1n) is 9.57. The molecule has 0 spiro atoms. The van der Waals surface area contributed by atoms with Crippen molar-refractivity contribution in [1.29, 1.82) is 0 Å². The molecule has 1 aromatic heterocycles. The normalized spacial score (nSPS) is 14.7. The van der Waals surface area contributed by atoms with Gasteiger partial charge in [-0.2, -0.15) is 0 Å². The third-order valence-corrected chi connectivity index (χ3v) is 5.31. The van der Waals surface area contributed by atoms with Gasteiger partial charge in [-0.1, -0.05) is 29.8 Å². The maximum atomic E-state index is 12.7. The molecule has 0 radical (unpaired) electrons. The summed E-state index contributed by atoms with van der Waals surface area (Å²) in [4.78, 5) is 28.9. The molecule has 2 aromatic rings. The maximum Gasteiger partial charge on any atom is 0.261 e. The highest BCUT2D eigenvalue weighted by Gasteiger charge is 2.26. The number of nitrogens with one attached hydrogen (secondary N) is 1. The van der Waals surface area contributed by atoms with Crippen LogP contribution in [-0.2, 0) is 18.3 Å². The van der Waals surface area contributed by atoms with Crippen LogP contribution in [0.25, 0.3) is 0 Å². The largest absolute Gasteiger partial charge is 0.479 e. The van der Waals surface area contributed by atoms with Gasteiger partial charge in [-0.3, -0.25) is 19.2 Å². The van der Waals surface area contributed by atoms with E-state index in [9.17, 15) is 9.59 Å². The number of carbonyl (C=O) groups is 2. The Labute approximate surface area is 175 Å². The number of nitrogens with zero attached hydrogens (tertiary/aromatic N) is 4. The van der Waals surface area contributed by atoms with Gasteiger partial charge in [0, 0.05) is 57.5 Å². The van der Waals surface area contributed by atoms with Gasteiger partial charge in [0.1, 0.15) is 5.56 Å². The first-order valence-corrected chi connectivity index (χ1v) is 9.95. The molecule has 0 aliphatic carbocycles. The Morgan fingerprint density at radius 1 is 1.21 bits per heavy atom. The van der Waals surface area contributed by atoms with Gasteiger partial charge >= 0.3 is 0 Å². The Morgan fingerprint density at radius 3 is 2.62 bits per heavy atom. The maximum absolute atomic E-state index is 12.7. The third kappa shape index (κ3) is 5.48. The molecule has 29 heavy (non-hydrogen) atoms. The summed E-state index contributed by atoms with van der Waals surface area (Å²) in [5.74, 6) is 0.236. The molecule has 0 bridgehead atoms. The van der Waals surface area contributed by atoms with Crippen molar-refractivity contribution in [2.45, 2.75) is 6.42 Å². The number of halogens is 1. The molecule has 1 aliphatic heterocycles. The highest BCUT2D eigenvalue weighted by Crippen LogP contribution is 2.18. The minimum atomic E-state index is -0.0670. The van der Waals surface area contributed by atoms with Gasteiger partial charge in [-0.25, -0.2) is 0 Å². The Kier molecular flexibility index (Phi) is 7.11. The number of aryl methyl sites for hydroxylation is 1. The standard InChI is InChI=1S/C20H26ClN5O3/c1-24-14-16(19(23-24)29-2)20(28)26-11-9-25(10-12-26)8-7-22-18(27)13-15-5-3-4-6-17(15)21/h3-6,14H,7-13H2,1-2H3,(H,22,27). The van der Waals surface area contributed by atoms with E-state index in [2.05, 4.69) is 15.3 Å². The molecule has 1 fully saturated rings. The van der Waals surface area contributed by atoms with Gasteiger partial charge in [0.05, 0.1) is 13.5 Å². The zero-order valence-corrected chi connectivity index (χ0v) is 17.5. The first-order chi connectivity index (χ1) is 14.0. The summed E-state index contributed by atoms with van der Waals surface area (Å²) in [6.45, 7) is 4.08. The van der Waals surface area contributed by atoms with Crippen LogP contribution < -0.4 is 10.1 Å². The van der Waals surface area contributed by atoms with Crippen LogP contribution in [0, 0.1) is 0 Å². The van der Waals surface area contributed by atoms with E-state index in [4.69, 9.17) is 16.3 Å². The molecule has 9 heteroatoms. The summed E-state index contributed by atoms with van der Waals surface area (Å²) in [5, 5.41) is 7.68. The van der Waals surface area contributed by atoms with Crippen molar-refractivity contribution in [2.24, 2.45) is 7.05 Å². The van der Waals surface area contributed by atoms with Crippen LogP contribution in [0.1, 0.15) is 15.9 Å². The number of ether oxygens (including phenoxy) is 1. The van der Waals surface area contributed by atoms with Crippen LogP contribution >= 0.6 is 11.6 Å². The Morgan fingerprint density at radius 2 is 1.93 bits per heavy atom. The number of hydrogen-bond donors (Lipinski definition) is 1. The fourth-order valence-corrected chi connectivity index (χ4v) is 3.54. The zero-order valence-electron chi connectivity index (χ0n) is 16.7. The quantitative estimate of drug-likeness (QED) is 0.729. The third-order valence-electron chi connectivity index (χ3n) is 4.94. The van der Waals surface area contributed by atoms with Crippen molar-refractivity contribution in [2.75, 3.05) is 46.4 Å². The molecule has 0 saturated carbocycles. The van der Waals surface area contributed by atoms with E-state index in [1.54, 1.807) is 24.0 Å². The number of carbonyl (C=O) groups excluding carboxylic acids is 2. The van der Waals surface area contributed by atoms with Crippen molar-refractivity contribution in [3.05, 3.63) is 46.6 Å². The van der Waals surface area contributed by atoms with Gasteiger partial charge < -0.3 is 15.0 Å². The van der Waals surface area contributed by atoms with Crippen molar-refractivity contribution < 1.29 is 14.3 Å². The molecule has 1 aromatic carbocycles. The minimum Gasteiger partial charge on any atom is -0.479 e. The van der Waals surface area contributed by atoms with Crippen LogP contribution in [0.3, 0.4) is 0 Å². The minimum absolute atomic E-state index is 0.0458. The van der Waals surface area contributed by atoms with Gasteiger partial charge in [-0.05, 0) is 11.6 Å². The molecule has 8 nitrogen and oxygen atoms in total. The first kappa shape index (κ1) is 21.1. The molecule has 0 unspecified atom stereocenters. The van der Waals surface area contributed by atoms with Crippen molar-refractivity contribution in [3.8, 4) is 5.88 Å². The van der Waals surface area contributed by atoms with E-state index in [0.29, 0.717) is 36.1 Å². The van der Waals surface area contributed by atoms with E-state index in [0.717, 1.165) is 25.2 Å². The summed E-state index contributed by atoms with van der Waals surface area (Å²) in [7, 11) is 3.27. The second kappa shape index (κ2) is 9.76. The lowest BCUT2D eigenvalue weighted by atomic mass is 10.1. The summed E-state index contributed by atoms with van der Waals surface area (Å²) in [6.07, 6.45) is 1.96. The van der Waals surface area contributed by atoms with E-state index in [-0.39, 0.29) is 18.2 Å². The fraction of sp³-hybridized carbons (Fsp3) is 0.450. The monoisotopic (exact) mass is 419 g/mol. The topological polar surface area (TPSA) is 79.7 Å². The van der Waals surface area contributed by atoms with Crippen LogP contribution in [0.5, 0.6) is 5.88 Å². The number of hydrogen-bond acceptors (Lipinski definition) is 5. The summed E-state index contributed by atoms with van der Waals surface area (Å²) < 4.78 is 6.76. The lowest BCUT2D eigenvalue weighted by Crippen LogP contribution is -2.50. The molecule has 156 valence electrons. The molecule has 1 saturated heterocycles. The van der Waals surface area contributed by atoms with Gasteiger partial charge in [0.2, 0.25) is 11.8 Å². The average molecular weight is 420 g/mol. The lowest BCUT2D eigenvalue weighted by Gasteiger charge is -2.34. The zero-order chi connectivity index (χ0) is 20.8. The van der Waals surface area contributed by atoms with Gasteiger partial charge in [0.25, 0.3) is 5.91 Å². The smallest absolute Gasteiger partial charge is 0.261 e. The predicted molar refractivity (Wildman–Crippen MR) is 110 cm³/mol. The number of rotatable bonds is 7. The predicted octanol–water partition coefficient (Wildman–Crippen LogP) is 1.20. The highest BCUT2D eigenvalue weighted by atomic mass is 35.5.